The summed E-state index contributed by atoms with van der Waals surface area (Å²) in [5.74, 6) is 0. The van der Waals surface area contributed by atoms with E-state index in [1.165, 1.54) is 5.01 Å². The number of benzene rings is 1. The van der Waals surface area contributed by atoms with Crippen molar-refractivity contribution in [3.05, 3.63) is 50.9 Å². The predicted molar refractivity (Wildman–Crippen MR) is 82.8 cm³/mol. The monoisotopic (exact) mass is 294 g/mol. The van der Waals surface area contributed by atoms with Crippen LogP contribution in [0.5, 0.6) is 0 Å². The first-order valence-corrected chi connectivity index (χ1v) is 7.87. The summed E-state index contributed by atoms with van der Waals surface area (Å²) in [6.07, 6.45) is 2.22. The zero-order chi connectivity index (χ0) is 13.7. The van der Waals surface area contributed by atoms with Crippen molar-refractivity contribution in [3.63, 3.8) is 0 Å². The number of hydrogen-bond donors (Lipinski definition) is 1. The second-order valence-corrected chi connectivity index (χ2v) is 5.96. The standard InChI is InChI=1S/C15H19ClN2S/c1-3-6-15-18-12(10-19-15)9-17-11(2)13-7-4-5-8-14(13)16/h4-5,7-8,10-11,17H,3,6,9H2,1-2H3. The number of nitrogens with one attached hydrogen (secondary N) is 1. The zero-order valence-electron chi connectivity index (χ0n) is 11.3. The van der Waals surface area contributed by atoms with Gasteiger partial charge in [-0.05, 0) is 31.4 Å². The van der Waals surface area contributed by atoms with Gasteiger partial charge in [0.2, 0.25) is 0 Å². The molecule has 0 bridgehead atoms. The molecule has 1 heterocycles. The second-order valence-electron chi connectivity index (χ2n) is 4.61. The third-order valence-electron chi connectivity index (χ3n) is 3.02. The molecule has 0 spiro atoms. The molecule has 1 atom stereocenters. The molecule has 0 amide bonds. The van der Waals surface area contributed by atoms with Gasteiger partial charge in [0, 0.05) is 23.0 Å². The minimum atomic E-state index is 0.227. The highest BCUT2D eigenvalue weighted by Gasteiger charge is 2.09. The predicted octanol–water partition coefficient (Wildman–Crippen LogP) is 4.60. The van der Waals surface area contributed by atoms with Crippen LogP contribution in [0.3, 0.4) is 0 Å². The van der Waals surface area contributed by atoms with E-state index in [4.69, 9.17) is 11.6 Å². The Balaban J connectivity index is 1.92. The Hall–Kier alpha value is -0.900. The first-order chi connectivity index (χ1) is 9.20. The van der Waals surface area contributed by atoms with E-state index in [0.29, 0.717) is 0 Å². The van der Waals surface area contributed by atoms with Gasteiger partial charge in [-0.15, -0.1) is 11.3 Å². The number of aromatic nitrogens is 1. The number of halogens is 1. The third-order valence-corrected chi connectivity index (χ3v) is 4.33. The van der Waals surface area contributed by atoms with Gasteiger partial charge >= 0.3 is 0 Å². The van der Waals surface area contributed by atoms with Crippen LogP contribution < -0.4 is 5.32 Å². The smallest absolute Gasteiger partial charge is 0.0928 e. The van der Waals surface area contributed by atoms with Crippen LogP contribution in [0, 0.1) is 0 Å². The minimum absolute atomic E-state index is 0.227. The summed E-state index contributed by atoms with van der Waals surface area (Å²) >= 11 is 7.94. The molecule has 1 aromatic heterocycles. The van der Waals surface area contributed by atoms with Crippen molar-refractivity contribution in [1.29, 1.82) is 0 Å². The highest BCUT2D eigenvalue weighted by atomic mass is 35.5. The van der Waals surface area contributed by atoms with Gasteiger partial charge in [-0.1, -0.05) is 36.7 Å². The van der Waals surface area contributed by atoms with E-state index < -0.39 is 0 Å². The SMILES string of the molecule is CCCc1nc(CNC(C)c2ccccc2Cl)cs1. The van der Waals surface area contributed by atoms with Crippen molar-refractivity contribution in [2.24, 2.45) is 0 Å². The molecule has 102 valence electrons. The lowest BCUT2D eigenvalue weighted by Gasteiger charge is -2.14. The summed E-state index contributed by atoms with van der Waals surface area (Å²) in [5.41, 5.74) is 2.25. The van der Waals surface area contributed by atoms with Crippen LogP contribution in [0.25, 0.3) is 0 Å². The molecular weight excluding hydrogens is 276 g/mol. The van der Waals surface area contributed by atoms with Gasteiger partial charge in [0.25, 0.3) is 0 Å². The van der Waals surface area contributed by atoms with Crippen molar-refractivity contribution in [2.75, 3.05) is 0 Å². The molecule has 2 nitrogen and oxygen atoms in total. The van der Waals surface area contributed by atoms with Crippen molar-refractivity contribution in [3.8, 4) is 0 Å². The number of hydrogen-bond acceptors (Lipinski definition) is 3. The van der Waals surface area contributed by atoms with Crippen LogP contribution in [0.4, 0.5) is 0 Å². The lowest BCUT2D eigenvalue weighted by atomic mass is 10.1. The highest BCUT2D eigenvalue weighted by Crippen LogP contribution is 2.22. The minimum Gasteiger partial charge on any atom is -0.304 e. The van der Waals surface area contributed by atoms with Crippen molar-refractivity contribution in [1.82, 2.24) is 10.3 Å². The average molecular weight is 295 g/mol. The largest absolute Gasteiger partial charge is 0.304 e. The summed E-state index contributed by atoms with van der Waals surface area (Å²) in [4.78, 5) is 4.61. The molecule has 19 heavy (non-hydrogen) atoms. The molecule has 1 N–H and O–H groups in total. The van der Waals surface area contributed by atoms with Gasteiger partial charge < -0.3 is 5.32 Å². The first-order valence-electron chi connectivity index (χ1n) is 6.61. The van der Waals surface area contributed by atoms with E-state index in [2.05, 4.69) is 35.6 Å². The molecule has 0 aliphatic heterocycles. The zero-order valence-corrected chi connectivity index (χ0v) is 12.9. The van der Waals surface area contributed by atoms with Crippen molar-refractivity contribution >= 4 is 22.9 Å². The molecule has 0 aliphatic rings. The van der Waals surface area contributed by atoms with Crippen LogP contribution in [-0.2, 0) is 13.0 Å². The summed E-state index contributed by atoms with van der Waals surface area (Å²) in [7, 11) is 0. The topological polar surface area (TPSA) is 24.9 Å². The van der Waals surface area contributed by atoms with Gasteiger partial charge in [0.05, 0.1) is 10.7 Å². The molecule has 0 aliphatic carbocycles. The lowest BCUT2D eigenvalue weighted by molar-refractivity contribution is 0.568. The summed E-state index contributed by atoms with van der Waals surface area (Å²) in [6.45, 7) is 5.09. The second kappa shape index (κ2) is 7.04. The van der Waals surface area contributed by atoms with Crippen LogP contribution >= 0.6 is 22.9 Å². The molecule has 2 rings (SSSR count). The lowest BCUT2D eigenvalue weighted by Crippen LogP contribution is -2.18. The maximum Gasteiger partial charge on any atom is 0.0928 e. The molecular formula is C15H19ClN2S. The molecule has 0 radical (unpaired) electrons. The Morgan fingerprint density at radius 1 is 1.37 bits per heavy atom. The third kappa shape index (κ3) is 4.03. The molecule has 0 fully saturated rings. The number of rotatable bonds is 6. The summed E-state index contributed by atoms with van der Waals surface area (Å²) in [6, 6.07) is 8.18. The Morgan fingerprint density at radius 2 is 2.16 bits per heavy atom. The first kappa shape index (κ1) is 14.5. The van der Waals surface area contributed by atoms with Gasteiger partial charge in [0.1, 0.15) is 0 Å². The molecule has 2 aromatic rings. The van der Waals surface area contributed by atoms with Gasteiger partial charge in [-0.3, -0.25) is 0 Å². The van der Waals surface area contributed by atoms with E-state index in [0.717, 1.165) is 35.7 Å². The molecule has 0 saturated heterocycles. The highest BCUT2D eigenvalue weighted by molar-refractivity contribution is 7.09. The number of nitrogens with zero attached hydrogens (tertiary/aromatic N) is 1. The van der Waals surface area contributed by atoms with E-state index >= 15 is 0 Å². The van der Waals surface area contributed by atoms with Crippen LogP contribution in [-0.4, -0.2) is 4.98 Å². The Bertz CT molecular complexity index is 524. The Morgan fingerprint density at radius 3 is 2.89 bits per heavy atom. The fourth-order valence-electron chi connectivity index (χ4n) is 1.95. The fraction of sp³-hybridized carbons (Fsp3) is 0.400. The number of aryl methyl sites for hydroxylation is 1. The average Bonchev–Trinajstić information content (AvgIpc) is 2.85. The van der Waals surface area contributed by atoms with E-state index in [1.54, 1.807) is 11.3 Å². The normalized spacial score (nSPS) is 12.6. The summed E-state index contributed by atoms with van der Waals surface area (Å²) in [5, 5.41) is 7.65. The molecule has 4 heteroatoms. The van der Waals surface area contributed by atoms with Gasteiger partial charge in [-0.25, -0.2) is 4.98 Å². The van der Waals surface area contributed by atoms with Crippen molar-refractivity contribution < 1.29 is 0 Å². The van der Waals surface area contributed by atoms with E-state index in [-0.39, 0.29) is 6.04 Å². The molecule has 1 aromatic carbocycles. The maximum absolute atomic E-state index is 6.19. The molecule has 1 unspecified atom stereocenters. The fourth-order valence-corrected chi connectivity index (χ4v) is 3.15. The summed E-state index contributed by atoms with van der Waals surface area (Å²) < 4.78 is 0. The van der Waals surface area contributed by atoms with Crippen molar-refractivity contribution in [2.45, 2.75) is 39.3 Å². The van der Waals surface area contributed by atoms with E-state index in [9.17, 15) is 0 Å². The maximum atomic E-state index is 6.19. The number of thiazole rings is 1. The van der Waals surface area contributed by atoms with Crippen LogP contribution in [0.1, 0.15) is 42.6 Å². The van der Waals surface area contributed by atoms with Gasteiger partial charge in [-0.2, -0.15) is 0 Å². The van der Waals surface area contributed by atoms with Crippen LogP contribution in [0.2, 0.25) is 5.02 Å². The Labute approximate surface area is 123 Å². The van der Waals surface area contributed by atoms with Gasteiger partial charge in [0.15, 0.2) is 0 Å². The quantitative estimate of drug-likeness (QED) is 0.842. The molecule has 0 saturated carbocycles. The van der Waals surface area contributed by atoms with Crippen LogP contribution in [0.15, 0.2) is 29.6 Å². The Kier molecular flexibility index (Phi) is 5.37. The van der Waals surface area contributed by atoms with E-state index in [1.807, 2.05) is 18.2 Å².